The van der Waals surface area contributed by atoms with E-state index >= 15 is 0 Å². The van der Waals surface area contributed by atoms with E-state index in [4.69, 9.17) is 0 Å². The first kappa shape index (κ1) is 49.0. The Kier molecular flexibility index (Phi) is 14.1. The number of thiophene rings is 9. The van der Waals surface area contributed by atoms with Crippen molar-refractivity contribution in [3.8, 4) is 84.3 Å². The monoisotopic (exact) mass is 1200 g/mol. The van der Waals surface area contributed by atoms with Gasteiger partial charge in [-0.05, 0) is 131 Å². The molecule has 0 spiro atoms. The van der Waals surface area contributed by atoms with E-state index in [0.717, 1.165) is 19.5 Å². The van der Waals surface area contributed by atoms with Gasteiger partial charge in [-0.2, -0.15) is 0 Å². The van der Waals surface area contributed by atoms with Gasteiger partial charge in [0.05, 0.1) is 69.3 Å². The smallest absolute Gasteiger partial charge is 0.0904 e. The van der Waals surface area contributed by atoms with Crippen molar-refractivity contribution in [1.29, 1.82) is 0 Å². The summed E-state index contributed by atoms with van der Waals surface area (Å²) in [4.78, 5) is 16.4. The SMILES string of the molecule is C[Si](C)(C)c1ccc(-c2cc(C#Cc3ccc(-c4cc(I)sc4-c4ccc(C#Cc5cc(-c6ccc([Si](C)(C)C)s6)c(-c6ccc([Si](C)(C)C)s6)s5)s4)s3)sc2-c2ccc([Si](C)(C)C)s2)s1. The second kappa shape index (κ2) is 19.0. The van der Waals surface area contributed by atoms with Gasteiger partial charge in [-0.1, -0.05) is 103 Å². The molecule has 0 saturated heterocycles. The summed E-state index contributed by atoms with van der Waals surface area (Å²) >= 11 is 19.6. The summed E-state index contributed by atoms with van der Waals surface area (Å²) in [5, 5.41) is 0. The molecule has 0 nitrogen and oxygen atoms in total. The molecule has 9 aromatic heterocycles. The Labute approximate surface area is 445 Å². The van der Waals surface area contributed by atoms with Crippen molar-refractivity contribution >= 4 is 175 Å². The molecule has 0 aliphatic heterocycles. The lowest BCUT2D eigenvalue weighted by Crippen LogP contribution is -2.34. The average molecular weight is 1200 g/mol. The van der Waals surface area contributed by atoms with Crippen LogP contribution in [0.3, 0.4) is 0 Å². The Morgan fingerprint density at radius 3 is 1.00 bits per heavy atom. The molecule has 0 amide bonds. The molecule has 0 fully saturated rings. The predicted molar refractivity (Wildman–Crippen MR) is 329 cm³/mol. The average Bonchev–Trinajstić information content (AvgIpc) is 4.09. The van der Waals surface area contributed by atoms with Gasteiger partial charge in [-0.3, -0.25) is 0 Å². The number of rotatable bonds is 10. The maximum Gasteiger partial charge on any atom is 0.0904 e. The number of hydrogen-bond donors (Lipinski definition) is 0. The predicted octanol–water partition coefficient (Wildman–Crippen LogP) is 17.8. The van der Waals surface area contributed by atoms with Crippen molar-refractivity contribution in [3.05, 3.63) is 113 Å². The van der Waals surface area contributed by atoms with E-state index in [9.17, 15) is 0 Å². The van der Waals surface area contributed by atoms with E-state index in [1.54, 1.807) is 40.7 Å². The summed E-state index contributed by atoms with van der Waals surface area (Å²) in [5.41, 5.74) is 3.95. The van der Waals surface area contributed by atoms with Crippen molar-refractivity contribution in [1.82, 2.24) is 0 Å². The fraction of sp³-hybridized carbons (Fsp3) is 0.231. The van der Waals surface area contributed by atoms with E-state index in [0.29, 0.717) is 0 Å². The highest BCUT2D eigenvalue weighted by atomic mass is 127. The molecular formula is C52H51IS9Si4. The van der Waals surface area contributed by atoms with Gasteiger partial charge in [-0.25, -0.2) is 0 Å². The summed E-state index contributed by atoms with van der Waals surface area (Å²) in [7, 11) is -5.63. The first-order chi connectivity index (χ1) is 31.1. The molecule has 9 rings (SSSR count). The summed E-state index contributed by atoms with van der Waals surface area (Å²) in [6.45, 7) is 29.3. The minimum Gasteiger partial charge on any atom is -0.145 e. The fourth-order valence-electron chi connectivity index (χ4n) is 7.19. The van der Waals surface area contributed by atoms with Crippen LogP contribution in [0.2, 0.25) is 78.6 Å². The summed E-state index contributed by atoms with van der Waals surface area (Å²) < 4.78 is 7.48. The highest BCUT2D eigenvalue weighted by Crippen LogP contribution is 2.47. The van der Waals surface area contributed by atoms with Crippen LogP contribution in [0.15, 0.2) is 91.0 Å². The van der Waals surface area contributed by atoms with E-state index in [-0.39, 0.29) is 0 Å². The Morgan fingerprint density at radius 1 is 0.303 bits per heavy atom. The molecule has 0 atom stereocenters. The highest BCUT2D eigenvalue weighted by Gasteiger charge is 2.26. The second-order valence-corrected chi connectivity index (χ2v) is 53.6. The molecule has 0 aromatic carbocycles. The van der Waals surface area contributed by atoms with Gasteiger partial charge in [0.2, 0.25) is 0 Å². The Morgan fingerprint density at radius 2 is 0.591 bits per heavy atom. The van der Waals surface area contributed by atoms with Crippen LogP contribution in [-0.2, 0) is 0 Å². The molecule has 9 aromatic rings. The first-order valence-electron chi connectivity index (χ1n) is 21.8. The third-order valence-corrected chi connectivity index (χ3v) is 36.2. The van der Waals surface area contributed by atoms with Crippen molar-refractivity contribution < 1.29 is 0 Å². The van der Waals surface area contributed by atoms with Crippen LogP contribution in [0, 0.1) is 26.6 Å². The Balaban J connectivity index is 0.985. The van der Waals surface area contributed by atoms with Crippen LogP contribution in [0.5, 0.6) is 0 Å². The maximum absolute atomic E-state index is 3.62. The van der Waals surface area contributed by atoms with Crippen molar-refractivity contribution in [2.24, 2.45) is 0 Å². The second-order valence-electron chi connectivity index (χ2n) is 20.5. The van der Waals surface area contributed by atoms with Crippen LogP contribution in [-0.4, -0.2) is 32.3 Å². The van der Waals surface area contributed by atoms with Gasteiger partial charge in [0.25, 0.3) is 0 Å². The van der Waals surface area contributed by atoms with Crippen LogP contribution in [0.1, 0.15) is 19.5 Å². The molecule has 0 aliphatic rings. The van der Waals surface area contributed by atoms with Gasteiger partial charge in [-0.15, -0.1) is 102 Å². The lowest BCUT2D eigenvalue weighted by Gasteiger charge is -2.12. The highest BCUT2D eigenvalue weighted by molar-refractivity contribution is 14.1. The Bertz CT molecular complexity index is 2990. The summed E-state index contributed by atoms with van der Waals surface area (Å²) in [6.07, 6.45) is 0. The van der Waals surface area contributed by atoms with Crippen LogP contribution < -0.4 is 18.0 Å². The lowest BCUT2D eigenvalue weighted by molar-refractivity contribution is 1.78. The Hall–Kier alpha value is -1.98. The zero-order valence-electron chi connectivity index (χ0n) is 39.2. The van der Waals surface area contributed by atoms with Gasteiger partial charge in [0, 0.05) is 46.0 Å². The summed E-state index contributed by atoms with van der Waals surface area (Å²) in [6, 6.07) is 34.9. The largest absolute Gasteiger partial charge is 0.145 e. The minimum atomic E-state index is -1.41. The number of hydrogen-bond acceptors (Lipinski definition) is 9. The zero-order chi connectivity index (χ0) is 46.9. The molecule has 14 heteroatoms. The van der Waals surface area contributed by atoms with Gasteiger partial charge < -0.3 is 0 Å². The molecule has 0 bridgehead atoms. The third kappa shape index (κ3) is 10.8. The van der Waals surface area contributed by atoms with E-state index < -0.39 is 32.3 Å². The fourth-order valence-corrected chi connectivity index (χ4v) is 25.0. The van der Waals surface area contributed by atoms with E-state index in [1.807, 2.05) is 79.4 Å². The summed E-state index contributed by atoms with van der Waals surface area (Å²) in [5.74, 6) is 14.4. The van der Waals surface area contributed by atoms with Gasteiger partial charge in [0.15, 0.2) is 0 Å². The topological polar surface area (TPSA) is 0 Å². The number of halogens is 1. The molecule has 336 valence electrons. The molecule has 66 heavy (non-hydrogen) atoms. The quantitative estimate of drug-likeness (QED) is 0.0727. The normalized spacial score (nSPS) is 12.4. The zero-order valence-corrected chi connectivity index (χ0v) is 52.7. The van der Waals surface area contributed by atoms with E-state index in [2.05, 4.69) is 216 Å². The van der Waals surface area contributed by atoms with Crippen molar-refractivity contribution in [2.75, 3.05) is 0 Å². The van der Waals surface area contributed by atoms with Gasteiger partial charge in [0.1, 0.15) is 0 Å². The van der Waals surface area contributed by atoms with Crippen molar-refractivity contribution in [2.45, 2.75) is 78.6 Å². The molecular weight excluding hydrogens is 1150 g/mol. The molecule has 0 saturated carbocycles. The van der Waals surface area contributed by atoms with Gasteiger partial charge >= 0.3 is 0 Å². The molecule has 0 unspecified atom stereocenters. The first-order valence-corrected chi connectivity index (χ1v) is 44.2. The van der Waals surface area contributed by atoms with Crippen LogP contribution in [0.25, 0.3) is 60.6 Å². The maximum atomic E-state index is 3.62. The molecule has 0 aliphatic carbocycles. The molecule has 9 heterocycles. The van der Waals surface area contributed by atoms with E-state index in [1.165, 1.54) is 63.5 Å². The van der Waals surface area contributed by atoms with Crippen LogP contribution >= 0.6 is 125 Å². The molecule has 0 radical (unpaired) electrons. The van der Waals surface area contributed by atoms with Crippen molar-refractivity contribution in [3.63, 3.8) is 0 Å². The van der Waals surface area contributed by atoms with Crippen LogP contribution in [0.4, 0.5) is 0 Å². The molecule has 0 N–H and O–H groups in total. The standard InChI is InChI=1S/C52H51IS9Si4/c1-63(2,3)46-25-21-40(58-46)36-29-34(56-50(36)43-23-27-48(60-43)65(7,8)9)15-13-32-17-19-39(54-32)38-31-45(53)62-52(38)42-20-18-33(55-42)14-16-35-30-37(41-22-26-47(59-41)64(4,5)6)51(57-35)44-24-28-49(61-44)66(10,11)12/h17-31H,1-12H3. The lowest BCUT2D eigenvalue weighted by atomic mass is 10.2. The minimum absolute atomic E-state index is 1.09. The third-order valence-electron chi connectivity index (χ3n) is 10.8.